The molecule has 0 aliphatic rings. The van der Waals surface area contributed by atoms with Gasteiger partial charge in [0.25, 0.3) is 0 Å². The molecule has 2 aromatic carbocycles. The van der Waals surface area contributed by atoms with Crippen LogP contribution in [0.25, 0.3) is 0 Å². The van der Waals surface area contributed by atoms with Crippen molar-refractivity contribution < 1.29 is 27.4 Å². The number of rotatable bonds is 3. The van der Waals surface area contributed by atoms with Gasteiger partial charge in [0.1, 0.15) is 5.75 Å². The Morgan fingerprint density at radius 1 is 1.12 bits per heavy atom. The summed E-state index contributed by atoms with van der Waals surface area (Å²) in [6.07, 6.45) is -4.82. The Bertz CT molecular complexity index is 758. The Labute approximate surface area is 140 Å². The second-order valence-corrected chi connectivity index (χ2v) is 4.56. The second-order valence-electron chi connectivity index (χ2n) is 4.56. The fourth-order valence-electron chi connectivity index (χ4n) is 2.04. The molecule has 0 saturated heterocycles. The van der Waals surface area contributed by atoms with E-state index in [1.807, 2.05) is 0 Å². The molecule has 0 unspecified atom stereocenters. The summed E-state index contributed by atoms with van der Waals surface area (Å²) in [5.74, 6) is -2.17. The maximum absolute atomic E-state index is 13.5. The first-order chi connectivity index (χ1) is 10.7. The molecule has 4 nitrogen and oxygen atoms in total. The highest BCUT2D eigenvalue weighted by Crippen LogP contribution is 2.33. The van der Waals surface area contributed by atoms with Gasteiger partial charge in [-0.25, -0.2) is 4.39 Å². The van der Waals surface area contributed by atoms with Gasteiger partial charge in [0.2, 0.25) is 0 Å². The van der Waals surface area contributed by atoms with Crippen molar-refractivity contribution in [3.8, 4) is 17.6 Å². The molecule has 24 heavy (non-hydrogen) atoms. The van der Waals surface area contributed by atoms with Gasteiger partial charge in [0.15, 0.2) is 11.6 Å². The number of hydrogen-bond donors (Lipinski definition) is 2. The van der Waals surface area contributed by atoms with Gasteiger partial charge in [-0.15, -0.1) is 25.6 Å². The minimum absolute atomic E-state index is 0. The number of aromatic hydroxyl groups is 1. The highest BCUT2D eigenvalue weighted by molar-refractivity contribution is 5.85. The first-order valence-corrected chi connectivity index (χ1v) is 6.25. The molecule has 0 spiro atoms. The van der Waals surface area contributed by atoms with E-state index in [1.165, 1.54) is 12.1 Å². The number of phenols is 1. The predicted octanol–water partition coefficient (Wildman–Crippen LogP) is 3.77. The molecular weight excluding hydrogens is 352 g/mol. The summed E-state index contributed by atoms with van der Waals surface area (Å²) in [5.41, 5.74) is 6.00. The summed E-state index contributed by atoms with van der Waals surface area (Å²) < 4.78 is 53.5. The average molecular weight is 363 g/mol. The largest absolute Gasteiger partial charge is 0.573 e. The third kappa shape index (κ3) is 4.28. The van der Waals surface area contributed by atoms with E-state index in [0.717, 1.165) is 24.3 Å². The fraction of sp³-hybridized carbons (Fsp3) is 0.133. The molecule has 0 aliphatic carbocycles. The van der Waals surface area contributed by atoms with Crippen LogP contribution in [-0.4, -0.2) is 11.5 Å². The van der Waals surface area contributed by atoms with Gasteiger partial charge in [-0.05, 0) is 29.8 Å². The zero-order valence-corrected chi connectivity index (χ0v) is 12.7. The second kappa shape index (κ2) is 7.38. The van der Waals surface area contributed by atoms with Gasteiger partial charge in [-0.2, -0.15) is 5.26 Å². The smallest absolute Gasteiger partial charge is 0.505 e. The predicted molar refractivity (Wildman–Crippen MR) is 79.2 cm³/mol. The number of hydrogen-bond acceptors (Lipinski definition) is 4. The Morgan fingerprint density at radius 2 is 1.71 bits per heavy atom. The van der Waals surface area contributed by atoms with Crippen molar-refractivity contribution in [1.82, 2.24) is 0 Å². The maximum Gasteiger partial charge on any atom is 0.573 e. The minimum Gasteiger partial charge on any atom is -0.505 e. The van der Waals surface area contributed by atoms with Crippen LogP contribution >= 0.6 is 12.4 Å². The molecule has 3 N–H and O–H groups in total. The lowest BCUT2D eigenvalue weighted by molar-refractivity contribution is -0.274. The summed E-state index contributed by atoms with van der Waals surface area (Å²) in [4.78, 5) is 0. The number of nitrogens with zero attached hydrogens (tertiary/aromatic N) is 1. The van der Waals surface area contributed by atoms with Crippen LogP contribution in [0, 0.1) is 17.1 Å². The van der Waals surface area contributed by atoms with E-state index in [0.29, 0.717) is 0 Å². The maximum atomic E-state index is 13.5. The first-order valence-electron chi connectivity index (χ1n) is 6.25. The Kier molecular flexibility index (Phi) is 6.01. The van der Waals surface area contributed by atoms with Crippen LogP contribution in [0.4, 0.5) is 17.6 Å². The monoisotopic (exact) mass is 362 g/mol. The topological polar surface area (TPSA) is 79.3 Å². The highest BCUT2D eigenvalue weighted by Gasteiger charge is 2.31. The minimum atomic E-state index is -4.82. The van der Waals surface area contributed by atoms with Crippen LogP contribution in [0.2, 0.25) is 0 Å². The van der Waals surface area contributed by atoms with Crippen LogP contribution < -0.4 is 10.5 Å². The van der Waals surface area contributed by atoms with E-state index < -0.39 is 29.7 Å². The number of phenolic OH excluding ortho intramolecular Hbond substituents is 1. The number of alkyl halides is 3. The van der Waals surface area contributed by atoms with E-state index in [-0.39, 0.29) is 29.1 Å². The molecule has 128 valence electrons. The Morgan fingerprint density at radius 3 is 2.21 bits per heavy atom. The molecule has 0 aliphatic heterocycles. The Balaban J connectivity index is 0.00000288. The van der Waals surface area contributed by atoms with E-state index in [2.05, 4.69) is 4.74 Å². The van der Waals surface area contributed by atoms with Gasteiger partial charge >= 0.3 is 6.36 Å². The van der Waals surface area contributed by atoms with Crippen molar-refractivity contribution >= 4 is 12.4 Å². The third-order valence-electron chi connectivity index (χ3n) is 3.07. The number of halogens is 5. The summed E-state index contributed by atoms with van der Waals surface area (Å²) in [6.45, 7) is 0. The van der Waals surface area contributed by atoms with Gasteiger partial charge in [0.05, 0.1) is 17.7 Å². The molecule has 2 rings (SSSR count). The van der Waals surface area contributed by atoms with Crippen LogP contribution in [0.3, 0.4) is 0 Å². The zero-order valence-electron chi connectivity index (χ0n) is 11.8. The van der Waals surface area contributed by atoms with Gasteiger partial charge in [0, 0.05) is 5.56 Å². The molecule has 9 heteroatoms. The quantitative estimate of drug-likeness (QED) is 0.815. The summed E-state index contributed by atoms with van der Waals surface area (Å²) in [6, 6.07) is 7.29. The third-order valence-corrected chi connectivity index (χ3v) is 3.07. The zero-order chi connectivity index (χ0) is 17.2. The molecule has 0 saturated carbocycles. The average Bonchev–Trinajstić information content (AvgIpc) is 2.48. The standard InChI is InChI=1S/C15H10F4N2O2.ClH/c16-11-6-3-9(7-20)12(14(11)22)13(21)8-1-4-10(5-2-8)23-15(17,18)19;/h1-6,13,22H,21H2;1H/t13-;/m0./s1. The molecule has 0 heterocycles. The van der Waals surface area contributed by atoms with E-state index in [9.17, 15) is 22.7 Å². The van der Waals surface area contributed by atoms with E-state index in [4.69, 9.17) is 11.0 Å². The SMILES string of the molecule is Cl.N#Cc1ccc(F)c(O)c1[C@@H](N)c1ccc(OC(F)(F)F)cc1. The molecule has 0 aromatic heterocycles. The lowest BCUT2D eigenvalue weighted by Crippen LogP contribution is -2.17. The van der Waals surface area contributed by atoms with Crippen LogP contribution in [0.1, 0.15) is 22.7 Å². The van der Waals surface area contributed by atoms with E-state index >= 15 is 0 Å². The number of nitrogens with two attached hydrogens (primary N) is 1. The molecule has 2 aromatic rings. The normalized spacial score (nSPS) is 12.0. The number of benzene rings is 2. The highest BCUT2D eigenvalue weighted by atomic mass is 35.5. The van der Waals surface area contributed by atoms with Crippen molar-refractivity contribution in [2.75, 3.05) is 0 Å². The lowest BCUT2D eigenvalue weighted by Gasteiger charge is -2.17. The van der Waals surface area contributed by atoms with Crippen LogP contribution in [0.15, 0.2) is 36.4 Å². The summed E-state index contributed by atoms with van der Waals surface area (Å²) in [5, 5.41) is 18.8. The van der Waals surface area contributed by atoms with Gasteiger partial charge < -0.3 is 15.6 Å². The molecule has 0 fully saturated rings. The van der Waals surface area contributed by atoms with Crippen molar-refractivity contribution in [1.29, 1.82) is 5.26 Å². The summed E-state index contributed by atoms with van der Waals surface area (Å²) in [7, 11) is 0. The van der Waals surface area contributed by atoms with E-state index in [1.54, 1.807) is 6.07 Å². The molecule has 0 amide bonds. The molecule has 1 atom stereocenters. The summed E-state index contributed by atoms with van der Waals surface area (Å²) >= 11 is 0. The van der Waals surface area contributed by atoms with Crippen molar-refractivity contribution in [3.05, 3.63) is 58.9 Å². The lowest BCUT2D eigenvalue weighted by atomic mass is 9.94. The van der Waals surface area contributed by atoms with Crippen molar-refractivity contribution in [3.63, 3.8) is 0 Å². The number of nitriles is 1. The van der Waals surface area contributed by atoms with Gasteiger partial charge in [-0.1, -0.05) is 12.1 Å². The Hall–Kier alpha value is -2.50. The first kappa shape index (κ1) is 19.5. The van der Waals surface area contributed by atoms with Crippen molar-refractivity contribution in [2.24, 2.45) is 5.73 Å². The van der Waals surface area contributed by atoms with Crippen LogP contribution in [-0.2, 0) is 0 Å². The molecule has 0 bridgehead atoms. The van der Waals surface area contributed by atoms with Crippen molar-refractivity contribution in [2.45, 2.75) is 12.4 Å². The van der Waals surface area contributed by atoms with Crippen LogP contribution in [0.5, 0.6) is 11.5 Å². The fourth-order valence-corrected chi connectivity index (χ4v) is 2.04. The number of ether oxygens (including phenoxy) is 1. The molecular formula is C15H11ClF4N2O2. The molecule has 0 radical (unpaired) electrons. The van der Waals surface area contributed by atoms with Gasteiger partial charge in [-0.3, -0.25) is 0 Å².